The number of amides is 1. The number of esters is 1. The number of nitrogens with zero attached hydrogens (tertiary/aromatic N) is 3. The number of carbonyl (C=O) groups excluding carboxylic acids is 2. The zero-order valence-electron chi connectivity index (χ0n) is 14.9. The molecule has 140 valence electrons. The average Bonchev–Trinajstić information content (AvgIpc) is 3.07. The zero-order valence-corrected chi connectivity index (χ0v) is 14.9. The van der Waals surface area contributed by atoms with Gasteiger partial charge in [-0.05, 0) is 36.8 Å². The Balaban J connectivity index is 1.35. The lowest BCUT2D eigenvalue weighted by atomic mass is 10.2. The Bertz CT molecular complexity index is 938. The van der Waals surface area contributed by atoms with Crippen molar-refractivity contribution in [3.63, 3.8) is 0 Å². The Hall–Kier alpha value is -3.42. The molecule has 0 aliphatic rings. The minimum Gasteiger partial charge on any atom is -0.492 e. The minimum absolute atomic E-state index is 0.107. The normalized spacial score (nSPS) is 10.6. The number of ether oxygens (including phenoxy) is 2. The zero-order chi connectivity index (χ0) is 19.1. The molecule has 0 atom stereocenters. The van der Waals surface area contributed by atoms with Gasteiger partial charge in [-0.3, -0.25) is 9.59 Å². The summed E-state index contributed by atoms with van der Waals surface area (Å²) in [6, 6.07) is 14.9. The van der Waals surface area contributed by atoms with Gasteiger partial charge >= 0.3 is 5.97 Å². The number of para-hydroxylation sites is 1. The molecule has 1 aromatic heterocycles. The van der Waals surface area contributed by atoms with E-state index in [9.17, 15) is 9.59 Å². The van der Waals surface area contributed by atoms with Crippen LogP contribution in [0.5, 0.6) is 5.75 Å². The van der Waals surface area contributed by atoms with Crippen LogP contribution in [0.3, 0.4) is 0 Å². The van der Waals surface area contributed by atoms with Crippen LogP contribution in [0, 0.1) is 6.92 Å². The van der Waals surface area contributed by atoms with E-state index in [0.717, 1.165) is 16.8 Å². The number of benzene rings is 2. The summed E-state index contributed by atoms with van der Waals surface area (Å²) in [7, 11) is 0. The number of fused-ring (bicyclic) bond motifs is 1. The largest absolute Gasteiger partial charge is 0.492 e. The van der Waals surface area contributed by atoms with Gasteiger partial charge in [0.05, 0.1) is 12.1 Å². The van der Waals surface area contributed by atoms with E-state index < -0.39 is 5.97 Å². The molecule has 0 fully saturated rings. The van der Waals surface area contributed by atoms with E-state index in [-0.39, 0.29) is 19.1 Å². The summed E-state index contributed by atoms with van der Waals surface area (Å²) in [6.45, 7) is 2.16. The fraction of sp³-hybridized carbons (Fsp3) is 0.263. The maximum absolute atomic E-state index is 11.9. The fourth-order valence-corrected chi connectivity index (χ4v) is 2.46. The molecule has 27 heavy (non-hydrogen) atoms. The Morgan fingerprint density at radius 1 is 1.15 bits per heavy atom. The highest BCUT2D eigenvalue weighted by Gasteiger charge is 2.11. The fourth-order valence-electron chi connectivity index (χ4n) is 2.46. The van der Waals surface area contributed by atoms with Gasteiger partial charge in [-0.25, -0.2) is 4.68 Å². The minimum atomic E-state index is -0.559. The molecule has 1 N–H and O–H groups in total. The van der Waals surface area contributed by atoms with Crippen molar-refractivity contribution in [2.45, 2.75) is 13.5 Å². The summed E-state index contributed by atoms with van der Waals surface area (Å²) in [5.74, 6) is -0.202. The van der Waals surface area contributed by atoms with Crippen LogP contribution in [-0.2, 0) is 20.9 Å². The molecule has 0 spiro atoms. The van der Waals surface area contributed by atoms with Crippen LogP contribution in [0.1, 0.15) is 5.56 Å². The molecule has 0 radical (unpaired) electrons. The van der Waals surface area contributed by atoms with Gasteiger partial charge in [0.2, 0.25) is 0 Å². The average molecular weight is 368 g/mol. The first-order chi connectivity index (χ1) is 13.1. The van der Waals surface area contributed by atoms with Crippen molar-refractivity contribution < 1.29 is 19.1 Å². The summed E-state index contributed by atoms with van der Waals surface area (Å²) >= 11 is 0. The summed E-state index contributed by atoms with van der Waals surface area (Å²) in [4.78, 5) is 23.6. The van der Waals surface area contributed by atoms with Crippen LogP contribution in [0.25, 0.3) is 11.0 Å². The van der Waals surface area contributed by atoms with Crippen molar-refractivity contribution in [1.82, 2.24) is 20.3 Å². The van der Waals surface area contributed by atoms with E-state index in [1.54, 1.807) is 6.07 Å². The molecule has 0 aliphatic heterocycles. The van der Waals surface area contributed by atoms with Crippen molar-refractivity contribution in [2.75, 3.05) is 19.8 Å². The number of aromatic nitrogens is 3. The summed E-state index contributed by atoms with van der Waals surface area (Å²) < 4.78 is 11.9. The van der Waals surface area contributed by atoms with Gasteiger partial charge < -0.3 is 14.8 Å². The number of nitrogens with one attached hydrogen (secondary N) is 1. The second kappa shape index (κ2) is 8.79. The third-order valence-electron chi connectivity index (χ3n) is 3.75. The van der Waals surface area contributed by atoms with Crippen molar-refractivity contribution in [2.24, 2.45) is 0 Å². The third kappa shape index (κ3) is 5.27. The number of carbonyl (C=O) groups is 2. The topological polar surface area (TPSA) is 95.3 Å². The highest BCUT2D eigenvalue weighted by molar-refractivity contribution is 5.81. The lowest BCUT2D eigenvalue weighted by molar-refractivity contribution is -0.149. The molecule has 0 saturated heterocycles. The van der Waals surface area contributed by atoms with E-state index in [1.807, 2.05) is 49.4 Å². The van der Waals surface area contributed by atoms with Crippen LogP contribution in [0.4, 0.5) is 0 Å². The molecule has 0 aliphatic carbocycles. The van der Waals surface area contributed by atoms with Crippen molar-refractivity contribution in [1.29, 1.82) is 0 Å². The van der Waals surface area contributed by atoms with Crippen molar-refractivity contribution >= 4 is 22.9 Å². The van der Waals surface area contributed by atoms with Gasteiger partial charge in [0, 0.05) is 0 Å². The molecule has 0 unspecified atom stereocenters. The van der Waals surface area contributed by atoms with Crippen LogP contribution < -0.4 is 10.1 Å². The maximum Gasteiger partial charge on any atom is 0.328 e. The molecule has 8 nitrogen and oxygen atoms in total. The highest BCUT2D eigenvalue weighted by atomic mass is 16.5. The molecule has 1 heterocycles. The van der Waals surface area contributed by atoms with E-state index in [0.29, 0.717) is 18.7 Å². The number of hydrogen-bond acceptors (Lipinski definition) is 6. The molecular weight excluding hydrogens is 348 g/mol. The van der Waals surface area contributed by atoms with Crippen LogP contribution in [-0.4, -0.2) is 46.6 Å². The number of rotatable bonds is 8. The van der Waals surface area contributed by atoms with Gasteiger partial charge in [0.15, 0.2) is 6.61 Å². The van der Waals surface area contributed by atoms with Gasteiger partial charge in [0.25, 0.3) is 5.91 Å². The lowest BCUT2D eigenvalue weighted by Crippen LogP contribution is -2.32. The number of hydrogen-bond donors (Lipinski definition) is 1. The highest BCUT2D eigenvalue weighted by Crippen LogP contribution is 2.12. The van der Waals surface area contributed by atoms with Gasteiger partial charge in [-0.1, -0.05) is 29.5 Å². The summed E-state index contributed by atoms with van der Waals surface area (Å²) in [5, 5.41) is 10.5. The predicted octanol–water partition coefficient (Wildman–Crippen LogP) is 1.48. The Morgan fingerprint density at radius 3 is 2.85 bits per heavy atom. The Labute approximate surface area is 156 Å². The third-order valence-corrected chi connectivity index (χ3v) is 3.75. The van der Waals surface area contributed by atoms with Crippen molar-refractivity contribution in [3.8, 4) is 5.75 Å². The van der Waals surface area contributed by atoms with Gasteiger partial charge in [-0.2, -0.15) is 0 Å². The van der Waals surface area contributed by atoms with E-state index in [4.69, 9.17) is 9.47 Å². The molecule has 3 aromatic rings. The standard InChI is InChI=1S/C19H20N4O4/c1-14-5-4-6-15(11-14)26-10-9-20-18(24)13-27-19(25)12-23-17-8-3-2-7-16(17)21-22-23/h2-8,11H,9-10,12-13H2,1H3,(H,20,24). The molecule has 8 heteroatoms. The van der Waals surface area contributed by atoms with E-state index in [1.165, 1.54) is 4.68 Å². The molecular formula is C19H20N4O4. The van der Waals surface area contributed by atoms with Crippen LogP contribution >= 0.6 is 0 Å². The molecule has 0 saturated carbocycles. The Kier molecular flexibility index (Phi) is 5.98. The second-order valence-electron chi connectivity index (χ2n) is 5.91. The first-order valence-corrected chi connectivity index (χ1v) is 8.52. The predicted molar refractivity (Wildman–Crippen MR) is 98.2 cm³/mol. The first kappa shape index (κ1) is 18.4. The lowest BCUT2D eigenvalue weighted by Gasteiger charge is -2.09. The molecule has 1 amide bonds. The van der Waals surface area contributed by atoms with E-state index in [2.05, 4.69) is 15.6 Å². The molecule has 0 bridgehead atoms. The van der Waals surface area contributed by atoms with Crippen LogP contribution in [0.15, 0.2) is 48.5 Å². The SMILES string of the molecule is Cc1cccc(OCCNC(=O)COC(=O)Cn2nnc3ccccc32)c1. The number of aryl methyl sites for hydroxylation is 1. The smallest absolute Gasteiger partial charge is 0.328 e. The molecule has 2 aromatic carbocycles. The molecule has 3 rings (SSSR count). The van der Waals surface area contributed by atoms with Crippen LogP contribution in [0.2, 0.25) is 0 Å². The summed E-state index contributed by atoms with van der Waals surface area (Å²) in [6.07, 6.45) is 0. The van der Waals surface area contributed by atoms with Gasteiger partial charge in [-0.15, -0.1) is 5.10 Å². The Morgan fingerprint density at radius 2 is 2.00 bits per heavy atom. The van der Waals surface area contributed by atoms with E-state index >= 15 is 0 Å². The van der Waals surface area contributed by atoms with Crippen molar-refractivity contribution in [3.05, 3.63) is 54.1 Å². The maximum atomic E-state index is 11.9. The van der Waals surface area contributed by atoms with Gasteiger partial charge in [0.1, 0.15) is 24.4 Å². The summed E-state index contributed by atoms with van der Waals surface area (Å²) in [5.41, 5.74) is 2.52. The quantitative estimate of drug-likeness (QED) is 0.478. The first-order valence-electron chi connectivity index (χ1n) is 8.52. The second-order valence-corrected chi connectivity index (χ2v) is 5.91. The monoisotopic (exact) mass is 368 g/mol.